The third-order valence-electron chi connectivity index (χ3n) is 3.64. The van der Waals surface area contributed by atoms with Crippen molar-refractivity contribution in [2.24, 2.45) is 0 Å². The molecule has 0 atom stereocenters. The highest BCUT2D eigenvalue weighted by Gasteiger charge is 2.08. The topological polar surface area (TPSA) is 67.4 Å². The SMILES string of the molecule is COc1cccc(CCNC(=O)c2ccc(C)c(NC(C)=O)c2)c1. The number of nitrogens with one attached hydrogen (secondary N) is 2. The highest BCUT2D eigenvalue weighted by atomic mass is 16.5. The van der Waals surface area contributed by atoms with Gasteiger partial charge in [-0.25, -0.2) is 0 Å². The van der Waals surface area contributed by atoms with Crippen LogP contribution in [0.1, 0.15) is 28.4 Å². The van der Waals surface area contributed by atoms with E-state index in [1.807, 2.05) is 37.3 Å². The normalized spacial score (nSPS) is 10.1. The van der Waals surface area contributed by atoms with Crippen molar-refractivity contribution >= 4 is 17.5 Å². The van der Waals surface area contributed by atoms with Crippen LogP contribution in [-0.2, 0) is 11.2 Å². The lowest BCUT2D eigenvalue weighted by molar-refractivity contribution is -0.114. The molecule has 2 rings (SSSR count). The van der Waals surface area contributed by atoms with E-state index in [1.54, 1.807) is 19.2 Å². The van der Waals surface area contributed by atoms with Gasteiger partial charge < -0.3 is 15.4 Å². The summed E-state index contributed by atoms with van der Waals surface area (Å²) in [5.41, 5.74) is 3.19. The fourth-order valence-electron chi connectivity index (χ4n) is 2.34. The molecular weight excluding hydrogens is 304 g/mol. The second-order valence-corrected chi connectivity index (χ2v) is 5.57. The molecule has 5 heteroatoms. The molecule has 2 aromatic rings. The van der Waals surface area contributed by atoms with Crippen LogP contribution < -0.4 is 15.4 Å². The van der Waals surface area contributed by atoms with Gasteiger partial charge in [-0.05, 0) is 48.7 Å². The van der Waals surface area contributed by atoms with Gasteiger partial charge in [0.1, 0.15) is 5.75 Å². The number of rotatable bonds is 6. The summed E-state index contributed by atoms with van der Waals surface area (Å²) >= 11 is 0. The van der Waals surface area contributed by atoms with E-state index in [2.05, 4.69) is 10.6 Å². The number of hydrogen-bond acceptors (Lipinski definition) is 3. The summed E-state index contributed by atoms with van der Waals surface area (Å²) in [5, 5.41) is 5.62. The van der Waals surface area contributed by atoms with E-state index in [-0.39, 0.29) is 11.8 Å². The predicted molar refractivity (Wildman–Crippen MR) is 94.5 cm³/mol. The minimum Gasteiger partial charge on any atom is -0.497 e. The molecule has 2 aromatic carbocycles. The van der Waals surface area contributed by atoms with Gasteiger partial charge in [-0.15, -0.1) is 0 Å². The third kappa shape index (κ3) is 4.84. The van der Waals surface area contributed by atoms with Crippen molar-refractivity contribution in [1.29, 1.82) is 0 Å². The van der Waals surface area contributed by atoms with Crippen LogP contribution in [0, 0.1) is 6.92 Å². The van der Waals surface area contributed by atoms with Gasteiger partial charge in [0, 0.05) is 24.7 Å². The minimum absolute atomic E-state index is 0.159. The van der Waals surface area contributed by atoms with Gasteiger partial charge in [0.2, 0.25) is 5.91 Å². The van der Waals surface area contributed by atoms with Crippen LogP contribution in [0.3, 0.4) is 0 Å². The highest BCUT2D eigenvalue weighted by molar-refractivity contribution is 5.97. The van der Waals surface area contributed by atoms with Crippen molar-refractivity contribution in [3.8, 4) is 5.75 Å². The highest BCUT2D eigenvalue weighted by Crippen LogP contribution is 2.17. The molecule has 0 unspecified atom stereocenters. The van der Waals surface area contributed by atoms with Gasteiger partial charge >= 0.3 is 0 Å². The zero-order chi connectivity index (χ0) is 17.5. The molecule has 0 aliphatic carbocycles. The van der Waals surface area contributed by atoms with Crippen LogP contribution >= 0.6 is 0 Å². The molecule has 0 heterocycles. The van der Waals surface area contributed by atoms with Crippen LogP contribution in [0.25, 0.3) is 0 Å². The Morgan fingerprint density at radius 3 is 2.62 bits per heavy atom. The summed E-state index contributed by atoms with van der Waals surface area (Å²) in [6.07, 6.45) is 0.716. The average molecular weight is 326 g/mol. The molecule has 24 heavy (non-hydrogen) atoms. The Morgan fingerprint density at radius 1 is 1.12 bits per heavy atom. The molecule has 0 spiro atoms. The zero-order valence-electron chi connectivity index (χ0n) is 14.2. The van der Waals surface area contributed by atoms with Crippen molar-refractivity contribution in [3.63, 3.8) is 0 Å². The fourth-order valence-corrected chi connectivity index (χ4v) is 2.34. The van der Waals surface area contributed by atoms with Crippen molar-refractivity contribution in [2.45, 2.75) is 20.3 Å². The summed E-state index contributed by atoms with van der Waals surface area (Å²) < 4.78 is 5.19. The summed E-state index contributed by atoms with van der Waals surface area (Å²) in [7, 11) is 1.63. The molecular formula is C19H22N2O3. The van der Waals surface area contributed by atoms with E-state index >= 15 is 0 Å². The van der Waals surface area contributed by atoms with Crippen LogP contribution in [0.15, 0.2) is 42.5 Å². The maximum atomic E-state index is 12.3. The molecule has 0 radical (unpaired) electrons. The van der Waals surface area contributed by atoms with Gasteiger partial charge in [-0.3, -0.25) is 9.59 Å². The molecule has 2 N–H and O–H groups in total. The second-order valence-electron chi connectivity index (χ2n) is 5.57. The number of hydrogen-bond donors (Lipinski definition) is 2. The molecule has 5 nitrogen and oxygen atoms in total. The molecule has 0 aromatic heterocycles. The van der Waals surface area contributed by atoms with E-state index in [9.17, 15) is 9.59 Å². The molecule has 0 saturated heterocycles. The van der Waals surface area contributed by atoms with Gasteiger partial charge in [0.05, 0.1) is 7.11 Å². The molecule has 0 saturated carbocycles. The van der Waals surface area contributed by atoms with Crippen molar-refractivity contribution < 1.29 is 14.3 Å². The fraction of sp³-hybridized carbons (Fsp3) is 0.263. The number of benzene rings is 2. The van der Waals surface area contributed by atoms with Crippen LogP contribution in [0.2, 0.25) is 0 Å². The number of carbonyl (C=O) groups excluding carboxylic acids is 2. The average Bonchev–Trinajstić information content (AvgIpc) is 2.56. The first kappa shape index (κ1) is 17.5. The quantitative estimate of drug-likeness (QED) is 0.857. The monoisotopic (exact) mass is 326 g/mol. The maximum absolute atomic E-state index is 12.3. The first-order chi connectivity index (χ1) is 11.5. The summed E-state index contributed by atoms with van der Waals surface area (Å²) in [4.78, 5) is 23.5. The molecule has 126 valence electrons. The summed E-state index contributed by atoms with van der Waals surface area (Å²) in [5.74, 6) is 0.482. The number of amides is 2. The Hall–Kier alpha value is -2.82. The van der Waals surface area contributed by atoms with Gasteiger partial charge in [0.15, 0.2) is 0 Å². The third-order valence-corrected chi connectivity index (χ3v) is 3.64. The van der Waals surface area contributed by atoms with E-state index in [0.717, 1.165) is 16.9 Å². The summed E-state index contributed by atoms with van der Waals surface area (Å²) in [6.45, 7) is 3.85. The molecule has 0 bridgehead atoms. The Balaban J connectivity index is 1.95. The lowest BCUT2D eigenvalue weighted by Crippen LogP contribution is -2.25. The zero-order valence-corrected chi connectivity index (χ0v) is 14.2. The standard InChI is InChI=1S/C19H22N2O3/c1-13-7-8-16(12-18(13)21-14(2)22)19(23)20-10-9-15-5-4-6-17(11-15)24-3/h4-8,11-12H,9-10H2,1-3H3,(H,20,23)(H,21,22). The number of anilines is 1. The van der Waals surface area contributed by atoms with Gasteiger partial charge in [-0.1, -0.05) is 18.2 Å². The maximum Gasteiger partial charge on any atom is 0.251 e. The van der Waals surface area contributed by atoms with Crippen molar-refractivity contribution in [2.75, 3.05) is 19.0 Å². The Labute approximate surface area is 142 Å². The molecule has 0 aliphatic rings. The smallest absolute Gasteiger partial charge is 0.251 e. The van der Waals surface area contributed by atoms with Gasteiger partial charge in [0.25, 0.3) is 5.91 Å². The number of methoxy groups -OCH3 is 1. The Morgan fingerprint density at radius 2 is 1.92 bits per heavy atom. The van der Waals surface area contributed by atoms with E-state index < -0.39 is 0 Å². The number of ether oxygens (including phenoxy) is 1. The Bertz CT molecular complexity index is 741. The molecule has 0 aliphatic heterocycles. The van der Waals surface area contributed by atoms with Crippen molar-refractivity contribution in [3.05, 3.63) is 59.2 Å². The lowest BCUT2D eigenvalue weighted by atomic mass is 10.1. The molecule has 2 amide bonds. The molecule has 0 fully saturated rings. The van der Waals surface area contributed by atoms with E-state index in [4.69, 9.17) is 4.74 Å². The second kappa shape index (κ2) is 8.15. The van der Waals surface area contributed by atoms with E-state index in [1.165, 1.54) is 6.92 Å². The first-order valence-electron chi connectivity index (χ1n) is 7.79. The number of carbonyl (C=O) groups is 2. The van der Waals surface area contributed by atoms with Crippen LogP contribution in [0.4, 0.5) is 5.69 Å². The predicted octanol–water partition coefficient (Wildman–Crippen LogP) is 2.93. The van der Waals surface area contributed by atoms with Crippen LogP contribution in [0.5, 0.6) is 5.75 Å². The summed E-state index contributed by atoms with van der Waals surface area (Å²) in [6, 6.07) is 13.0. The minimum atomic E-state index is -0.163. The number of aryl methyl sites for hydroxylation is 1. The first-order valence-corrected chi connectivity index (χ1v) is 7.79. The van der Waals surface area contributed by atoms with Gasteiger partial charge in [-0.2, -0.15) is 0 Å². The van der Waals surface area contributed by atoms with Crippen LogP contribution in [-0.4, -0.2) is 25.5 Å². The Kier molecular flexibility index (Phi) is 5.95. The van der Waals surface area contributed by atoms with Crippen molar-refractivity contribution in [1.82, 2.24) is 5.32 Å². The largest absolute Gasteiger partial charge is 0.497 e. The lowest BCUT2D eigenvalue weighted by Gasteiger charge is -2.10. The van der Waals surface area contributed by atoms with E-state index in [0.29, 0.717) is 24.2 Å².